The molecule has 0 spiro atoms. The Morgan fingerprint density at radius 2 is 2.17 bits per heavy atom. The summed E-state index contributed by atoms with van der Waals surface area (Å²) in [5, 5.41) is 13.6. The number of aromatic nitrogens is 1. The van der Waals surface area contributed by atoms with Gasteiger partial charge in [-0.1, -0.05) is 6.07 Å². The molecule has 3 N–H and O–H groups in total. The van der Waals surface area contributed by atoms with E-state index in [1.807, 2.05) is 0 Å². The van der Waals surface area contributed by atoms with Crippen LogP contribution in [0, 0.1) is 5.92 Å². The van der Waals surface area contributed by atoms with Crippen molar-refractivity contribution in [2.75, 3.05) is 6.61 Å². The summed E-state index contributed by atoms with van der Waals surface area (Å²) < 4.78 is 44.6. The topological polar surface area (TPSA) is 101 Å². The number of hydrogen-bond donors (Lipinski definition) is 3. The van der Waals surface area contributed by atoms with Crippen molar-refractivity contribution >= 4 is 12.0 Å². The van der Waals surface area contributed by atoms with Crippen molar-refractivity contribution < 1.29 is 32.6 Å². The lowest BCUT2D eigenvalue weighted by atomic mass is 9.83. The van der Waals surface area contributed by atoms with Crippen molar-refractivity contribution in [3.8, 4) is 0 Å². The first kappa shape index (κ1) is 17.0. The number of urea groups is 1. The van der Waals surface area contributed by atoms with Gasteiger partial charge < -0.3 is 20.5 Å². The number of nitrogens with zero attached hydrogens (tertiary/aromatic N) is 1. The molecule has 2 rings (SSSR count). The lowest BCUT2D eigenvalue weighted by Crippen LogP contribution is -2.73. The summed E-state index contributed by atoms with van der Waals surface area (Å²) in [6, 6.07) is 1.54. The maximum absolute atomic E-state index is 13.3. The maximum Gasteiger partial charge on any atom is 0.437 e. The zero-order valence-electron chi connectivity index (χ0n) is 11.9. The van der Waals surface area contributed by atoms with Gasteiger partial charge in [0, 0.05) is 6.20 Å². The second kappa shape index (κ2) is 6.03. The summed E-state index contributed by atoms with van der Waals surface area (Å²) in [6.07, 6.45) is -4.01. The molecule has 0 radical (unpaired) electrons. The van der Waals surface area contributed by atoms with Crippen LogP contribution in [0.2, 0.25) is 0 Å². The standard InChI is InChI=1S/C13H14F3N3O4/c1-2-23-10(20)8-9(7-5-3-4-6-17-7)18-11(21)19-12(8,22)13(14,15)16/h3-6,8-9,22H,2H2,1H3,(H2,18,19,21)/t8-,9-,12+/m0/s1. The van der Waals surface area contributed by atoms with Crippen LogP contribution < -0.4 is 10.6 Å². The van der Waals surface area contributed by atoms with Crippen LogP contribution in [0.3, 0.4) is 0 Å². The summed E-state index contributed by atoms with van der Waals surface area (Å²) in [5.41, 5.74) is -3.79. The van der Waals surface area contributed by atoms with Gasteiger partial charge in [-0.25, -0.2) is 4.79 Å². The SMILES string of the molecule is CCOC(=O)[C@@H]1[C@H](c2ccccn2)NC(=O)N[C@]1(O)C(F)(F)F. The van der Waals surface area contributed by atoms with E-state index in [0.717, 1.165) is 0 Å². The number of carbonyl (C=O) groups is 2. The predicted molar refractivity (Wildman–Crippen MR) is 69.8 cm³/mol. The summed E-state index contributed by atoms with van der Waals surface area (Å²) in [7, 11) is 0. The van der Waals surface area contributed by atoms with Crippen LogP contribution in [-0.4, -0.2) is 40.6 Å². The summed E-state index contributed by atoms with van der Waals surface area (Å²) in [5.74, 6) is -3.47. The predicted octanol–water partition coefficient (Wildman–Crippen LogP) is 0.866. The van der Waals surface area contributed by atoms with Crippen LogP contribution in [0.15, 0.2) is 24.4 Å². The minimum Gasteiger partial charge on any atom is -0.466 e. The number of ether oxygens (including phenoxy) is 1. The number of aliphatic hydroxyl groups is 1. The number of rotatable bonds is 3. The molecule has 1 fully saturated rings. The molecule has 1 aromatic rings. The number of pyridine rings is 1. The molecule has 1 aliphatic rings. The molecule has 1 aromatic heterocycles. The fraction of sp³-hybridized carbons (Fsp3) is 0.462. The molecule has 126 valence electrons. The molecule has 3 atom stereocenters. The third-order valence-corrected chi connectivity index (χ3v) is 3.35. The zero-order valence-corrected chi connectivity index (χ0v) is 11.9. The van der Waals surface area contributed by atoms with Gasteiger partial charge in [0.1, 0.15) is 5.92 Å². The molecule has 0 unspecified atom stereocenters. The summed E-state index contributed by atoms with van der Waals surface area (Å²) >= 11 is 0. The summed E-state index contributed by atoms with van der Waals surface area (Å²) in [6.45, 7) is 1.22. The molecule has 0 aromatic carbocycles. The Hall–Kier alpha value is -2.36. The fourth-order valence-corrected chi connectivity index (χ4v) is 2.34. The molecule has 0 bridgehead atoms. The number of nitrogens with one attached hydrogen (secondary N) is 2. The lowest BCUT2D eigenvalue weighted by Gasteiger charge is -2.43. The molecule has 0 saturated carbocycles. The second-order valence-electron chi connectivity index (χ2n) is 4.82. The highest BCUT2D eigenvalue weighted by molar-refractivity contribution is 5.83. The van der Waals surface area contributed by atoms with Gasteiger partial charge >= 0.3 is 18.2 Å². The Bertz CT molecular complexity index is 596. The van der Waals surface area contributed by atoms with Crippen molar-refractivity contribution in [3.05, 3.63) is 30.1 Å². The van der Waals surface area contributed by atoms with Gasteiger partial charge in [-0.3, -0.25) is 9.78 Å². The molecule has 23 heavy (non-hydrogen) atoms. The van der Waals surface area contributed by atoms with Crippen molar-refractivity contribution in [2.45, 2.75) is 24.9 Å². The highest BCUT2D eigenvalue weighted by Crippen LogP contribution is 2.42. The van der Waals surface area contributed by atoms with Gasteiger partial charge in [-0.2, -0.15) is 13.2 Å². The van der Waals surface area contributed by atoms with Crippen molar-refractivity contribution in [1.29, 1.82) is 0 Å². The van der Waals surface area contributed by atoms with E-state index in [0.29, 0.717) is 0 Å². The summed E-state index contributed by atoms with van der Waals surface area (Å²) in [4.78, 5) is 27.5. The first-order valence-corrected chi connectivity index (χ1v) is 6.66. The van der Waals surface area contributed by atoms with E-state index in [9.17, 15) is 27.9 Å². The highest BCUT2D eigenvalue weighted by Gasteiger charge is 2.67. The number of alkyl halides is 3. The molecule has 1 saturated heterocycles. The molecule has 2 amide bonds. The van der Waals surface area contributed by atoms with Crippen LogP contribution in [0.1, 0.15) is 18.7 Å². The van der Waals surface area contributed by atoms with E-state index < -0.39 is 35.9 Å². The number of amides is 2. The Morgan fingerprint density at radius 3 is 2.70 bits per heavy atom. The minimum absolute atomic E-state index is 0.0110. The first-order chi connectivity index (χ1) is 10.7. The number of halogens is 3. The normalized spacial score (nSPS) is 27.8. The Balaban J connectivity index is 2.54. The quantitative estimate of drug-likeness (QED) is 0.713. The van der Waals surface area contributed by atoms with Crippen LogP contribution in [0.5, 0.6) is 0 Å². The monoisotopic (exact) mass is 333 g/mol. The molecular weight excluding hydrogens is 319 g/mol. The molecule has 7 nitrogen and oxygen atoms in total. The molecule has 1 aliphatic heterocycles. The van der Waals surface area contributed by atoms with E-state index in [-0.39, 0.29) is 12.3 Å². The van der Waals surface area contributed by atoms with Crippen molar-refractivity contribution in [2.24, 2.45) is 5.92 Å². The minimum atomic E-state index is -5.30. The van der Waals surface area contributed by atoms with Gasteiger partial charge in [0.15, 0.2) is 0 Å². The van der Waals surface area contributed by atoms with Crippen LogP contribution in [0.25, 0.3) is 0 Å². The molecule has 10 heteroatoms. The van der Waals surface area contributed by atoms with Gasteiger partial charge in [0.2, 0.25) is 0 Å². The van der Waals surface area contributed by atoms with E-state index in [2.05, 4.69) is 15.0 Å². The average molecular weight is 333 g/mol. The molecule has 0 aliphatic carbocycles. The Labute approximate surface area is 128 Å². The first-order valence-electron chi connectivity index (χ1n) is 6.66. The van der Waals surface area contributed by atoms with Gasteiger partial charge in [-0.05, 0) is 19.1 Å². The van der Waals surface area contributed by atoms with Crippen LogP contribution in [0.4, 0.5) is 18.0 Å². The highest BCUT2D eigenvalue weighted by atomic mass is 19.4. The van der Waals surface area contributed by atoms with Gasteiger partial charge in [0.25, 0.3) is 5.72 Å². The third-order valence-electron chi connectivity index (χ3n) is 3.35. The number of hydrogen-bond acceptors (Lipinski definition) is 5. The number of carbonyl (C=O) groups excluding carboxylic acids is 2. The van der Waals surface area contributed by atoms with E-state index in [4.69, 9.17) is 0 Å². The average Bonchev–Trinajstić information content (AvgIpc) is 2.46. The second-order valence-corrected chi connectivity index (χ2v) is 4.82. The molecular formula is C13H14F3N3O4. The Kier molecular flexibility index (Phi) is 4.46. The van der Waals surface area contributed by atoms with E-state index in [1.165, 1.54) is 36.6 Å². The third kappa shape index (κ3) is 3.07. The lowest BCUT2D eigenvalue weighted by molar-refractivity contribution is -0.294. The maximum atomic E-state index is 13.3. The molecule has 2 heterocycles. The van der Waals surface area contributed by atoms with Gasteiger partial charge in [-0.15, -0.1) is 0 Å². The van der Waals surface area contributed by atoms with Crippen LogP contribution in [-0.2, 0) is 9.53 Å². The van der Waals surface area contributed by atoms with E-state index in [1.54, 1.807) is 0 Å². The zero-order chi connectivity index (χ0) is 17.3. The van der Waals surface area contributed by atoms with Crippen LogP contribution >= 0.6 is 0 Å². The van der Waals surface area contributed by atoms with E-state index >= 15 is 0 Å². The largest absolute Gasteiger partial charge is 0.466 e. The number of esters is 1. The Morgan fingerprint density at radius 1 is 1.48 bits per heavy atom. The fourth-order valence-electron chi connectivity index (χ4n) is 2.34. The smallest absolute Gasteiger partial charge is 0.437 e. The van der Waals surface area contributed by atoms with Crippen molar-refractivity contribution in [1.82, 2.24) is 15.6 Å². The van der Waals surface area contributed by atoms with Crippen molar-refractivity contribution in [3.63, 3.8) is 0 Å². The van der Waals surface area contributed by atoms with Gasteiger partial charge in [0.05, 0.1) is 18.3 Å².